The van der Waals surface area contributed by atoms with E-state index >= 15 is 0 Å². The van der Waals surface area contributed by atoms with Crippen molar-refractivity contribution >= 4 is 0 Å². The molecule has 0 rings (SSSR count). The first-order chi connectivity index (χ1) is 4.31. The molecule has 0 saturated carbocycles. The second-order valence-electron chi connectivity index (χ2n) is 1.94. The van der Waals surface area contributed by atoms with Crippen LogP contribution in [0, 0.1) is 0 Å². The van der Waals surface area contributed by atoms with Crippen LogP contribution in [0.2, 0.25) is 0 Å². The minimum absolute atomic E-state index is 0.263. The van der Waals surface area contributed by atoms with Crippen LogP contribution in [0.3, 0.4) is 0 Å². The maximum Gasteiger partial charge on any atom is 0.0984 e. The minimum atomic E-state index is 0.263. The molecule has 0 aliphatic heterocycles. The molecule has 0 amide bonds. The smallest absolute Gasteiger partial charge is 0.0984 e. The summed E-state index contributed by atoms with van der Waals surface area (Å²) in [4.78, 5) is 0. The highest BCUT2D eigenvalue weighted by Crippen LogP contribution is 1.97. The molecule has 0 aromatic rings. The van der Waals surface area contributed by atoms with Crippen LogP contribution in [0.1, 0.15) is 20.3 Å². The van der Waals surface area contributed by atoms with Gasteiger partial charge < -0.3 is 4.74 Å². The van der Waals surface area contributed by atoms with E-state index in [9.17, 15) is 0 Å². The Kier molecular flexibility index (Phi) is 4.98. The summed E-state index contributed by atoms with van der Waals surface area (Å²) >= 11 is 0. The first-order valence-corrected chi connectivity index (χ1v) is 3.18. The summed E-state index contributed by atoms with van der Waals surface area (Å²) in [7, 11) is 0. The van der Waals surface area contributed by atoms with Crippen molar-refractivity contribution in [3.05, 3.63) is 25.0 Å². The van der Waals surface area contributed by atoms with Gasteiger partial charge in [-0.15, -0.1) is 6.58 Å². The van der Waals surface area contributed by atoms with Crippen LogP contribution in [0.25, 0.3) is 0 Å². The Bertz CT molecular complexity index is 94.7. The first-order valence-electron chi connectivity index (χ1n) is 3.18. The summed E-state index contributed by atoms with van der Waals surface area (Å²) in [6, 6.07) is 0. The van der Waals surface area contributed by atoms with E-state index in [0.29, 0.717) is 0 Å². The van der Waals surface area contributed by atoms with E-state index in [1.807, 2.05) is 26.0 Å². The zero-order valence-corrected chi connectivity index (χ0v) is 6.13. The third-order valence-electron chi connectivity index (χ3n) is 0.946. The molecule has 0 fully saturated rings. The van der Waals surface area contributed by atoms with Crippen LogP contribution in [0.5, 0.6) is 0 Å². The van der Waals surface area contributed by atoms with Crippen molar-refractivity contribution in [2.45, 2.75) is 26.4 Å². The summed E-state index contributed by atoms with van der Waals surface area (Å²) in [6.45, 7) is 7.55. The van der Waals surface area contributed by atoms with Crippen LogP contribution < -0.4 is 0 Å². The predicted octanol–water partition coefficient (Wildman–Crippen LogP) is 2.50. The summed E-state index contributed by atoms with van der Waals surface area (Å²) in [5.41, 5.74) is 0. The molecule has 1 nitrogen and oxygen atoms in total. The highest BCUT2D eigenvalue weighted by atomic mass is 16.5. The van der Waals surface area contributed by atoms with Gasteiger partial charge in [0.05, 0.1) is 12.4 Å². The van der Waals surface area contributed by atoms with Gasteiger partial charge in [0, 0.05) is 6.42 Å². The fraction of sp³-hybridized carbons (Fsp3) is 0.500. The second-order valence-corrected chi connectivity index (χ2v) is 1.94. The third kappa shape index (κ3) is 5.15. The molecule has 0 aliphatic carbocycles. The number of hydrogen-bond donors (Lipinski definition) is 0. The Morgan fingerprint density at radius 2 is 2.33 bits per heavy atom. The minimum Gasteiger partial charge on any atom is -0.498 e. The Hall–Kier alpha value is -0.720. The third-order valence-corrected chi connectivity index (χ3v) is 0.946. The summed E-state index contributed by atoms with van der Waals surface area (Å²) in [5.74, 6) is 0. The average Bonchev–Trinajstić information content (AvgIpc) is 1.85. The molecule has 0 aromatic carbocycles. The molecule has 0 radical (unpaired) electrons. The summed E-state index contributed by atoms with van der Waals surface area (Å²) < 4.78 is 5.18. The second kappa shape index (κ2) is 5.42. The van der Waals surface area contributed by atoms with Crippen molar-refractivity contribution in [2.24, 2.45) is 0 Å². The van der Waals surface area contributed by atoms with Gasteiger partial charge in [0.15, 0.2) is 0 Å². The van der Waals surface area contributed by atoms with Gasteiger partial charge in [-0.1, -0.05) is 12.2 Å². The van der Waals surface area contributed by atoms with Gasteiger partial charge in [-0.3, -0.25) is 0 Å². The molecule has 0 spiro atoms. The van der Waals surface area contributed by atoms with Crippen LogP contribution in [-0.2, 0) is 4.74 Å². The molecule has 9 heavy (non-hydrogen) atoms. The lowest BCUT2D eigenvalue weighted by Gasteiger charge is -2.06. The maximum absolute atomic E-state index is 5.18. The standard InChI is InChI=1S/C8H14O/c1-4-6-8(3)9-7-5-2/h4-5,7-8H,1,6H2,2-3H3/b7-5+. The Morgan fingerprint density at radius 1 is 1.67 bits per heavy atom. The van der Waals surface area contributed by atoms with Crippen molar-refractivity contribution in [3.63, 3.8) is 0 Å². The van der Waals surface area contributed by atoms with Gasteiger partial charge in [0.25, 0.3) is 0 Å². The van der Waals surface area contributed by atoms with Gasteiger partial charge in [0.2, 0.25) is 0 Å². The van der Waals surface area contributed by atoms with E-state index in [4.69, 9.17) is 4.74 Å². The number of rotatable bonds is 4. The molecular weight excluding hydrogens is 112 g/mol. The fourth-order valence-electron chi connectivity index (χ4n) is 0.503. The lowest BCUT2D eigenvalue weighted by molar-refractivity contribution is 0.164. The molecule has 0 heterocycles. The molecule has 1 atom stereocenters. The normalized spacial score (nSPS) is 13.6. The largest absolute Gasteiger partial charge is 0.498 e. The highest BCUT2D eigenvalue weighted by Gasteiger charge is 1.92. The molecule has 0 aliphatic rings. The Balaban J connectivity index is 3.25. The molecule has 1 heteroatoms. The van der Waals surface area contributed by atoms with Crippen LogP contribution >= 0.6 is 0 Å². The monoisotopic (exact) mass is 126 g/mol. The Morgan fingerprint density at radius 3 is 2.78 bits per heavy atom. The zero-order chi connectivity index (χ0) is 7.11. The SMILES string of the molecule is C=CCC(C)O/C=C/C. The molecule has 0 N–H and O–H groups in total. The lowest BCUT2D eigenvalue weighted by Crippen LogP contribution is -2.00. The number of ether oxygens (including phenoxy) is 1. The van der Waals surface area contributed by atoms with E-state index in [1.54, 1.807) is 6.26 Å². The average molecular weight is 126 g/mol. The molecule has 1 unspecified atom stereocenters. The van der Waals surface area contributed by atoms with Gasteiger partial charge in [0.1, 0.15) is 0 Å². The number of allylic oxidation sites excluding steroid dienone is 1. The van der Waals surface area contributed by atoms with Crippen molar-refractivity contribution in [1.29, 1.82) is 0 Å². The molecular formula is C8H14O. The van der Waals surface area contributed by atoms with Crippen molar-refractivity contribution in [3.8, 4) is 0 Å². The van der Waals surface area contributed by atoms with Gasteiger partial charge >= 0.3 is 0 Å². The van der Waals surface area contributed by atoms with E-state index in [2.05, 4.69) is 6.58 Å². The number of hydrogen-bond acceptors (Lipinski definition) is 1. The Labute approximate surface area is 57.0 Å². The van der Waals surface area contributed by atoms with Crippen molar-refractivity contribution in [2.75, 3.05) is 0 Å². The maximum atomic E-state index is 5.18. The quantitative estimate of drug-likeness (QED) is 0.415. The topological polar surface area (TPSA) is 9.23 Å². The predicted molar refractivity (Wildman–Crippen MR) is 40.2 cm³/mol. The lowest BCUT2D eigenvalue weighted by atomic mass is 10.3. The van der Waals surface area contributed by atoms with E-state index in [0.717, 1.165) is 6.42 Å². The van der Waals surface area contributed by atoms with Crippen molar-refractivity contribution in [1.82, 2.24) is 0 Å². The molecule has 0 saturated heterocycles. The molecule has 0 bridgehead atoms. The van der Waals surface area contributed by atoms with Crippen molar-refractivity contribution < 1.29 is 4.74 Å². The molecule has 52 valence electrons. The first kappa shape index (κ1) is 8.28. The van der Waals surface area contributed by atoms with E-state index in [-0.39, 0.29) is 6.10 Å². The van der Waals surface area contributed by atoms with Crippen LogP contribution in [0.4, 0.5) is 0 Å². The van der Waals surface area contributed by atoms with E-state index < -0.39 is 0 Å². The summed E-state index contributed by atoms with van der Waals surface area (Å²) in [5, 5.41) is 0. The molecule has 0 aromatic heterocycles. The fourth-order valence-corrected chi connectivity index (χ4v) is 0.503. The van der Waals surface area contributed by atoms with E-state index in [1.165, 1.54) is 0 Å². The van der Waals surface area contributed by atoms with Gasteiger partial charge in [-0.2, -0.15) is 0 Å². The van der Waals surface area contributed by atoms with Gasteiger partial charge in [-0.25, -0.2) is 0 Å². The highest BCUT2D eigenvalue weighted by molar-refractivity contribution is 4.73. The summed E-state index contributed by atoms with van der Waals surface area (Å²) in [6.07, 6.45) is 6.60. The van der Waals surface area contributed by atoms with Gasteiger partial charge in [-0.05, 0) is 13.8 Å². The van der Waals surface area contributed by atoms with Crippen LogP contribution in [-0.4, -0.2) is 6.10 Å². The zero-order valence-electron chi connectivity index (χ0n) is 6.13. The van der Waals surface area contributed by atoms with Crippen LogP contribution in [0.15, 0.2) is 25.0 Å².